The molecule has 0 aliphatic heterocycles. The Bertz CT molecular complexity index is 623. The Hall–Kier alpha value is -1.34. The van der Waals surface area contributed by atoms with E-state index >= 15 is 0 Å². The average Bonchev–Trinajstić information content (AvgIpc) is 2.72. The first-order valence-electron chi connectivity index (χ1n) is 7.90. The maximum absolute atomic E-state index is 12.2. The first-order valence-corrected chi connectivity index (χ1v) is 8.71. The molecule has 2 rings (SSSR count). The first-order chi connectivity index (χ1) is 10.0. The Morgan fingerprint density at radius 2 is 1.91 bits per heavy atom. The van der Waals surface area contributed by atoms with Gasteiger partial charge in [0.1, 0.15) is 11.1 Å². The van der Waals surface area contributed by atoms with Gasteiger partial charge in [-0.05, 0) is 36.2 Å². The third-order valence-electron chi connectivity index (χ3n) is 4.51. The van der Waals surface area contributed by atoms with Gasteiger partial charge in [-0.25, -0.2) is 0 Å². The smallest absolute Gasteiger partial charge is 0.230 e. The molecule has 0 saturated heterocycles. The molecule has 3 nitrogen and oxygen atoms in total. The third kappa shape index (κ3) is 3.35. The first kappa shape index (κ1) is 17.0. The van der Waals surface area contributed by atoms with E-state index in [4.69, 9.17) is 0 Å². The van der Waals surface area contributed by atoms with Crippen molar-refractivity contribution in [2.45, 2.75) is 60.8 Å². The van der Waals surface area contributed by atoms with Gasteiger partial charge >= 0.3 is 0 Å². The van der Waals surface area contributed by atoms with Crippen LogP contribution in [0.4, 0.5) is 5.00 Å². The highest BCUT2D eigenvalue weighted by Crippen LogP contribution is 2.44. The quantitative estimate of drug-likeness (QED) is 0.812. The lowest BCUT2D eigenvalue weighted by molar-refractivity contribution is -0.123. The Labute approximate surface area is 137 Å². The number of anilines is 1. The van der Waals surface area contributed by atoms with Crippen LogP contribution in [0, 0.1) is 28.1 Å². The normalized spacial score (nSPS) is 18.5. The van der Waals surface area contributed by atoms with Gasteiger partial charge < -0.3 is 5.32 Å². The number of carbonyl (C=O) groups excluding carboxylic acids is 1. The molecule has 22 heavy (non-hydrogen) atoms. The monoisotopic (exact) mass is 318 g/mol. The zero-order valence-electron chi connectivity index (χ0n) is 14.5. The summed E-state index contributed by atoms with van der Waals surface area (Å²) < 4.78 is 0. The fourth-order valence-electron chi connectivity index (χ4n) is 2.82. The van der Waals surface area contributed by atoms with Crippen molar-refractivity contribution in [3.05, 3.63) is 16.0 Å². The Kier molecular flexibility index (Phi) is 4.41. The van der Waals surface area contributed by atoms with Crippen molar-refractivity contribution in [3.63, 3.8) is 0 Å². The Balaban J connectivity index is 2.31. The van der Waals surface area contributed by atoms with Crippen molar-refractivity contribution < 1.29 is 4.79 Å². The van der Waals surface area contributed by atoms with Gasteiger partial charge in [0, 0.05) is 10.3 Å². The fraction of sp³-hybridized carbons (Fsp3) is 0.667. The molecule has 1 N–H and O–H groups in total. The number of nitrogens with zero attached hydrogens (tertiary/aromatic N) is 1. The van der Waals surface area contributed by atoms with E-state index in [1.807, 2.05) is 20.8 Å². The van der Waals surface area contributed by atoms with Gasteiger partial charge in [-0.3, -0.25) is 4.79 Å². The van der Waals surface area contributed by atoms with E-state index in [-0.39, 0.29) is 11.3 Å². The van der Waals surface area contributed by atoms with E-state index in [9.17, 15) is 10.1 Å². The molecule has 1 aromatic rings. The summed E-state index contributed by atoms with van der Waals surface area (Å²) in [6.07, 6.45) is 3.08. The number of nitrogens with one attached hydrogen (secondary N) is 1. The Morgan fingerprint density at radius 1 is 1.27 bits per heavy atom. The minimum absolute atomic E-state index is 0.0324. The minimum atomic E-state index is -0.453. The zero-order chi connectivity index (χ0) is 16.7. The molecule has 1 atom stereocenters. The minimum Gasteiger partial charge on any atom is -0.316 e. The van der Waals surface area contributed by atoms with Gasteiger partial charge in [-0.15, -0.1) is 11.3 Å². The van der Waals surface area contributed by atoms with E-state index in [0.717, 1.165) is 29.8 Å². The number of thiophene rings is 1. The van der Waals surface area contributed by atoms with Crippen LogP contribution in [0.25, 0.3) is 0 Å². The summed E-state index contributed by atoms with van der Waals surface area (Å²) in [7, 11) is 0. The maximum Gasteiger partial charge on any atom is 0.230 e. The molecule has 1 aliphatic carbocycles. The topological polar surface area (TPSA) is 52.9 Å². The van der Waals surface area contributed by atoms with Crippen LogP contribution in [-0.4, -0.2) is 5.91 Å². The molecule has 1 heterocycles. The van der Waals surface area contributed by atoms with Crippen molar-refractivity contribution >= 4 is 22.2 Å². The second kappa shape index (κ2) is 5.70. The number of hydrogen-bond acceptors (Lipinski definition) is 3. The highest BCUT2D eigenvalue weighted by Gasteiger charge is 2.33. The summed E-state index contributed by atoms with van der Waals surface area (Å²) in [6.45, 7) is 12.5. The molecule has 0 spiro atoms. The predicted molar refractivity (Wildman–Crippen MR) is 92.1 cm³/mol. The molecular weight excluding hydrogens is 292 g/mol. The number of carbonyl (C=O) groups is 1. The highest BCUT2D eigenvalue weighted by molar-refractivity contribution is 7.16. The van der Waals surface area contributed by atoms with Crippen LogP contribution < -0.4 is 5.32 Å². The molecule has 0 radical (unpaired) electrons. The summed E-state index contributed by atoms with van der Waals surface area (Å²) in [5.74, 6) is 0.603. The van der Waals surface area contributed by atoms with Crippen LogP contribution in [0.2, 0.25) is 0 Å². The molecule has 4 heteroatoms. The van der Waals surface area contributed by atoms with Gasteiger partial charge in [0.25, 0.3) is 0 Å². The van der Waals surface area contributed by atoms with E-state index in [0.29, 0.717) is 11.5 Å². The summed E-state index contributed by atoms with van der Waals surface area (Å²) in [4.78, 5) is 13.5. The number of fused-ring (bicyclic) bond motifs is 1. The lowest BCUT2D eigenvalue weighted by Crippen LogP contribution is -2.27. The lowest BCUT2D eigenvalue weighted by atomic mass is 9.72. The summed E-state index contributed by atoms with van der Waals surface area (Å²) in [6, 6.07) is 2.31. The van der Waals surface area contributed by atoms with Crippen LogP contribution in [0.15, 0.2) is 0 Å². The van der Waals surface area contributed by atoms with Crippen LogP contribution in [0.1, 0.15) is 64.0 Å². The van der Waals surface area contributed by atoms with Gasteiger partial charge in [0.05, 0.1) is 5.56 Å². The standard InChI is InChI=1S/C18H26N2OS/c1-17(2,3)11-7-8-12-13(10-19)15(22-14(12)9-11)20-16(21)18(4,5)6/h11H,7-9H2,1-6H3,(H,20,21)/t11-/m0/s1. The average molecular weight is 318 g/mol. The molecule has 1 aliphatic rings. The van der Waals surface area contributed by atoms with Crippen molar-refractivity contribution in [1.29, 1.82) is 5.26 Å². The van der Waals surface area contributed by atoms with Crippen molar-refractivity contribution in [2.24, 2.45) is 16.7 Å². The molecule has 0 fully saturated rings. The van der Waals surface area contributed by atoms with Gasteiger partial charge in [0.15, 0.2) is 0 Å². The van der Waals surface area contributed by atoms with Gasteiger partial charge in [-0.1, -0.05) is 41.5 Å². The lowest BCUT2D eigenvalue weighted by Gasteiger charge is -2.33. The van der Waals surface area contributed by atoms with Crippen molar-refractivity contribution in [1.82, 2.24) is 0 Å². The summed E-state index contributed by atoms with van der Waals surface area (Å²) in [5.41, 5.74) is 1.68. The van der Waals surface area contributed by atoms with Crippen molar-refractivity contribution in [3.8, 4) is 6.07 Å². The molecule has 1 aromatic heterocycles. The fourth-order valence-corrected chi connectivity index (χ4v) is 4.09. The van der Waals surface area contributed by atoms with E-state index in [1.54, 1.807) is 11.3 Å². The van der Waals surface area contributed by atoms with Crippen LogP contribution in [0.5, 0.6) is 0 Å². The van der Waals surface area contributed by atoms with Crippen LogP contribution in [-0.2, 0) is 17.6 Å². The summed E-state index contributed by atoms with van der Waals surface area (Å²) in [5, 5.41) is 13.2. The third-order valence-corrected chi connectivity index (χ3v) is 5.68. The maximum atomic E-state index is 12.2. The largest absolute Gasteiger partial charge is 0.316 e. The van der Waals surface area contributed by atoms with Gasteiger partial charge in [0.2, 0.25) is 5.91 Å². The second-order valence-electron chi connectivity index (χ2n) is 8.33. The molecule has 0 saturated carbocycles. The SMILES string of the molecule is CC(C)(C)C(=O)Nc1sc2c(c1C#N)CC[C@H](C(C)(C)C)C2. The predicted octanol–water partition coefficient (Wildman–Crippen LogP) is 4.76. The van der Waals surface area contributed by atoms with E-state index < -0.39 is 5.41 Å². The van der Waals surface area contributed by atoms with E-state index in [2.05, 4.69) is 32.2 Å². The number of hydrogen-bond donors (Lipinski definition) is 1. The molecule has 0 bridgehead atoms. The molecule has 120 valence electrons. The zero-order valence-corrected chi connectivity index (χ0v) is 15.3. The molecule has 0 unspecified atom stereocenters. The number of nitriles is 1. The summed E-state index contributed by atoms with van der Waals surface area (Å²) >= 11 is 1.60. The van der Waals surface area contributed by atoms with Crippen LogP contribution in [0.3, 0.4) is 0 Å². The van der Waals surface area contributed by atoms with Crippen molar-refractivity contribution in [2.75, 3.05) is 5.32 Å². The van der Waals surface area contributed by atoms with Crippen LogP contribution >= 0.6 is 11.3 Å². The highest BCUT2D eigenvalue weighted by atomic mass is 32.1. The molecule has 1 amide bonds. The number of amides is 1. The Morgan fingerprint density at radius 3 is 2.41 bits per heavy atom. The molecule has 0 aromatic carbocycles. The van der Waals surface area contributed by atoms with E-state index in [1.165, 1.54) is 4.88 Å². The number of rotatable bonds is 1. The van der Waals surface area contributed by atoms with Gasteiger partial charge in [-0.2, -0.15) is 5.26 Å². The second-order valence-corrected chi connectivity index (χ2v) is 9.43. The molecular formula is C18H26N2OS.